The Bertz CT molecular complexity index is 562. The molecule has 5 heteroatoms. The third-order valence-corrected chi connectivity index (χ3v) is 6.19. The van der Waals surface area contributed by atoms with Gasteiger partial charge in [-0.15, -0.1) is 0 Å². The Balaban J connectivity index is 2.24. The molecule has 1 aromatic rings. The van der Waals surface area contributed by atoms with E-state index in [0.29, 0.717) is 17.4 Å². The molecule has 0 aliphatic heterocycles. The summed E-state index contributed by atoms with van der Waals surface area (Å²) in [4.78, 5) is 0.393. The maximum absolute atomic E-state index is 12.8. The minimum absolute atomic E-state index is 0.00786. The van der Waals surface area contributed by atoms with Crippen LogP contribution in [-0.2, 0) is 10.0 Å². The van der Waals surface area contributed by atoms with Crippen LogP contribution in [0.15, 0.2) is 29.2 Å². The van der Waals surface area contributed by atoms with Crippen LogP contribution < -0.4 is 5.32 Å². The molecule has 0 radical (unpaired) electrons. The van der Waals surface area contributed by atoms with Gasteiger partial charge in [-0.2, -0.15) is 4.31 Å². The summed E-state index contributed by atoms with van der Waals surface area (Å²) < 4.78 is 27.2. The van der Waals surface area contributed by atoms with Crippen molar-refractivity contribution in [3.63, 3.8) is 0 Å². The molecule has 1 aromatic carbocycles. The van der Waals surface area contributed by atoms with Crippen molar-refractivity contribution in [1.82, 2.24) is 9.62 Å². The van der Waals surface area contributed by atoms with E-state index in [1.807, 2.05) is 33.0 Å². The quantitative estimate of drug-likeness (QED) is 0.842. The smallest absolute Gasteiger partial charge is 0.243 e. The predicted molar refractivity (Wildman–Crippen MR) is 85.7 cm³/mol. The second kappa shape index (κ2) is 6.46. The number of benzene rings is 1. The number of rotatable bonds is 7. The van der Waals surface area contributed by atoms with E-state index in [4.69, 9.17) is 0 Å². The fraction of sp³-hybridized carbons (Fsp3) is 0.625. The molecule has 1 aliphatic carbocycles. The average molecular weight is 310 g/mol. The Morgan fingerprint density at radius 2 is 1.76 bits per heavy atom. The lowest BCUT2D eigenvalue weighted by atomic mass is 10.1. The van der Waals surface area contributed by atoms with Gasteiger partial charge in [-0.1, -0.05) is 12.1 Å². The summed E-state index contributed by atoms with van der Waals surface area (Å²) in [6.45, 7) is 6.58. The molecule has 1 aliphatic rings. The number of hydrogen-bond acceptors (Lipinski definition) is 3. The molecule has 4 nitrogen and oxygen atoms in total. The van der Waals surface area contributed by atoms with Gasteiger partial charge in [-0.3, -0.25) is 0 Å². The van der Waals surface area contributed by atoms with Gasteiger partial charge >= 0.3 is 0 Å². The molecule has 0 amide bonds. The van der Waals surface area contributed by atoms with Gasteiger partial charge in [0.1, 0.15) is 0 Å². The molecule has 1 fully saturated rings. The number of hydrogen-bond donors (Lipinski definition) is 1. The van der Waals surface area contributed by atoms with E-state index >= 15 is 0 Å². The molecular weight excluding hydrogens is 284 g/mol. The van der Waals surface area contributed by atoms with Crippen molar-refractivity contribution < 1.29 is 8.42 Å². The molecular formula is C16H26N2O2S. The minimum Gasteiger partial charge on any atom is -0.313 e. The summed E-state index contributed by atoms with van der Waals surface area (Å²) in [5.41, 5.74) is 1.09. The van der Waals surface area contributed by atoms with E-state index < -0.39 is 10.0 Å². The summed E-state index contributed by atoms with van der Waals surface area (Å²) in [6.07, 6.45) is 2.30. The second-order valence-corrected chi connectivity index (χ2v) is 8.08. The first-order valence-electron chi connectivity index (χ1n) is 7.65. The topological polar surface area (TPSA) is 49.4 Å². The summed E-state index contributed by atoms with van der Waals surface area (Å²) in [7, 11) is -1.50. The van der Waals surface area contributed by atoms with Crippen molar-refractivity contribution in [3.8, 4) is 0 Å². The van der Waals surface area contributed by atoms with E-state index in [2.05, 4.69) is 12.2 Å². The van der Waals surface area contributed by atoms with Crippen LogP contribution in [0.4, 0.5) is 0 Å². The van der Waals surface area contributed by atoms with E-state index in [-0.39, 0.29) is 12.1 Å². The van der Waals surface area contributed by atoms with Crippen LogP contribution >= 0.6 is 0 Å². The van der Waals surface area contributed by atoms with Crippen LogP contribution in [0, 0.1) is 5.92 Å². The molecule has 1 saturated carbocycles. The number of nitrogens with one attached hydrogen (secondary N) is 1. The molecule has 0 aromatic heterocycles. The lowest BCUT2D eigenvalue weighted by Crippen LogP contribution is -2.38. The molecule has 0 saturated heterocycles. The SMILES string of the molecule is CNC(C)c1ccc(S(=O)(=O)N(CC2CC2)C(C)C)cc1. The molecule has 0 spiro atoms. The first-order valence-corrected chi connectivity index (χ1v) is 9.09. The Labute approximate surface area is 128 Å². The van der Waals surface area contributed by atoms with Gasteiger partial charge in [-0.05, 0) is 64.3 Å². The average Bonchev–Trinajstić information content (AvgIpc) is 3.27. The molecule has 0 heterocycles. The molecule has 118 valence electrons. The van der Waals surface area contributed by atoms with E-state index in [1.54, 1.807) is 16.4 Å². The normalized spacial score (nSPS) is 17.4. The number of sulfonamides is 1. The summed E-state index contributed by atoms with van der Waals surface area (Å²) in [5.74, 6) is 0.547. The monoisotopic (exact) mass is 310 g/mol. The fourth-order valence-corrected chi connectivity index (χ4v) is 4.08. The first kappa shape index (κ1) is 16.5. The summed E-state index contributed by atoms with van der Waals surface area (Å²) in [6, 6.07) is 7.44. The highest BCUT2D eigenvalue weighted by molar-refractivity contribution is 7.89. The third kappa shape index (κ3) is 3.84. The highest BCUT2D eigenvalue weighted by Crippen LogP contribution is 2.32. The zero-order valence-corrected chi connectivity index (χ0v) is 14.2. The van der Waals surface area contributed by atoms with Crippen LogP contribution in [0.2, 0.25) is 0 Å². The van der Waals surface area contributed by atoms with Crippen LogP contribution in [0.3, 0.4) is 0 Å². The molecule has 1 unspecified atom stereocenters. The van der Waals surface area contributed by atoms with Gasteiger partial charge in [-0.25, -0.2) is 8.42 Å². The van der Waals surface area contributed by atoms with Crippen LogP contribution in [0.1, 0.15) is 45.2 Å². The van der Waals surface area contributed by atoms with Gasteiger partial charge in [0.2, 0.25) is 10.0 Å². The standard InChI is InChI=1S/C16H26N2O2S/c1-12(2)18(11-14-5-6-14)21(19,20)16-9-7-15(8-10-16)13(3)17-4/h7-10,12-14,17H,5-6,11H2,1-4H3. The van der Waals surface area contributed by atoms with Crippen molar-refractivity contribution in [2.75, 3.05) is 13.6 Å². The Morgan fingerprint density at radius 3 is 2.19 bits per heavy atom. The maximum Gasteiger partial charge on any atom is 0.243 e. The molecule has 1 atom stereocenters. The van der Waals surface area contributed by atoms with Gasteiger partial charge < -0.3 is 5.32 Å². The van der Waals surface area contributed by atoms with Crippen LogP contribution in [0.25, 0.3) is 0 Å². The van der Waals surface area contributed by atoms with Gasteiger partial charge in [0.25, 0.3) is 0 Å². The van der Waals surface area contributed by atoms with Crippen LogP contribution in [0.5, 0.6) is 0 Å². The lowest BCUT2D eigenvalue weighted by molar-refractivity contribution is 0.341. The summed E-state index contributed by atoms with van der Waals surface area (Å²) >= 11 is 0. The third-order valence-electron chi connectivity index (χ3n) is 4.13. The van der Waals surface area contributed by atoms with Crippen LogP contribution in [-0.4, -0.2) is 32.4 Å². The van der Waals surface area contributed by atoms with E-state index in [9.17, 15) is 8.42 Å². The van der Waals surface area contributed by atoms with Gasteiger partial charge in [0.15, 0.2) is 0 Å². The Morgan fingerprint density at radius 1 is 1.19 bits per heavy atom. The predicted octanol–water partition coefficient (Wildman–Crippen LogP) is 2.78. The Hall–Kier alpha value is -0.910. The van der Waals surface area contributed by atoms with Crippen molar-refractivity contribution in [1.29, 1.82) is 0 Å². The Kier molecular flexibility index (Phi) is 5.07. The lowest BCUT2D eigenvalue weighted by Gasteiger charge is -2.26. The highest BCUT2D eigenvalue weighted by atomic mass is 32.2. The largest absolute Gasteiger partial charge is 0.313 e. The maximum atomic E-state index is 12.8. The number of nitrogens with zero attached hydrogens (tertiary/aromatic N) is 1. The molecule has 1 N–H and O–H groups in total. The highest BCUT2D eigenvalue weighted by Gasteiger charge is 2.33. The van der Waals surface area contributed by atoms with E-state index in [1.165, 1.54) is 0 Å². The fourth-order valence-electron chi connectivity index (χ4n) is 2.37. The zero-order chi connectivity index (χ0) is 15.6. The zero-order valence-electron chi connectivity index (χ0n) is 13.3. The van der Waals surface area contributed by atoms with E-state index in [0.717, 1.165) is 18.4 Å². The van der Waals surface area contributed by atoms with Gasteiger partial charge in [0, 0.05) is 18.6 Å². The van der Waals surface area contributed by atoms with Crippen molar-refractivity contribution in [2.45, 2.75) is 50.6 Å². The van der Waals surface area contributed by atoms with Crippen molar-refractivity contribution in [2.24, 2.45) is 5.92 Å². The molecule has 2 rings (SSSR count). The molecule has 21 heavy (non-hydrogen) atoms. The first-order chi connectivity index (χ1) is 9.86. The van der Waals surface area contributed by atoms with Gasteiger partial charge in [0.05, 0.1) is 4.90 Å². The molecule has 0 bridgehead atoms. The second-order valence-electron chi connectivity index (χ2n) is 6.19. The summed E-state index contributed by atoms with van der Waals surface area (Å²) in [5, 5.41) is 3.15. The minimum atomic E-state index is -3.39. The van der Waals surface area contributed by atoms with Crippen molar-refractivity contribution in [3.05, 3.63) is 29.8 Å². The van der Waals surface area contributed by atoms with Crippen molar-refractivity contribution >= 4 is 10.0 Å².